The van der Waals surface area contributed by atoms with E-state index in [0.717, 1.165) is 24.9 Å². The van der Waals surface area contributed by atoms with Crippen LogP contribution < -0.4 is 9.47 Å². The van der Waals surface area contributed by atoms with Crippen molar-refractivity contribution in [3.8, 4) is 11.5 Å². The Morgan fingerprint density at radius 3 is 2.91 bits per heavy atom. The number of amides is 2. The van der Waals surface area contributed by atoms with Crippen LogP contribution in [0, 0.1) is 18.4 Å². The number of hydrogen-bond donors (Lipinski definition) is 0. The van der Waals surface area contributed by atoms with Crippen molar-refractivity contribution >= 4 is 11.8 Å². The molecule has 0 aromatic heterocycles. The van der Waals surface area contributed by atoms with Crippen molar-refractivity contribution < 1.29 is 19.1 Å². The summed E-state index contributed by atoms with van der Waals surface area (Å²) < 4.78 is 10.7. The maximum absolute atomic E-state index is 12.8. The van der Waals surface area contributed by atoms with Crippen molar-refractivity contribution in [3.63, 3.8) is 0 Å². The van der Waals surface area contributed by atoms with E-state index in [1.54, 1.807) is 0 Å². The first-order valence-electron chi connectivity index (χ1n) is 8.07. The predicted molar refractivity (Wildman–Crippen MR) is 79.1 cm³/mol. The summed E-state index contributed by atoms with van der Waals surface area (Å²) >= 11 is 0. The molecule has 0 N–H and O–H groups in total. The van der Waals surface area contributed by atoms with Crippen LogP contribution in [0.3, 0.4) is 0 Å². The average molecular weight is 313 g/mol. The lowest BCUT2D eigenvalue weighted by molar-refractivity contribution is -0.141. The Morgan fingerprint density at radius 1 is 1.13 bits per heavy atom. The summed E-state index contributed by atoms with van der Waals surface area (Å²) in [7, 11) is 0. The maximum Gasteiger partial charge on any atom is 0.235 e. The summed E-state index contributed by atoms with van der Waals surface area (Å²) in [6.45, 7) is 3.49. The number of fused-ring (bicyclic) bond motifs is 4. The minimum absolute atomic E-state index is 0.0247. The van der Waals surface area contributed by atoms with Crippen LogP contribution in [0.2, 0.25) is 0 Å². The molecule has 6 nitrogen and oxygen atoms in total. The van der Waals surface area contributed by atoms with Gasteiger partial charge in [0.1, 0.15) is 0 Å². The number of ether oxygens (including phenoxy) is 2. The molecule has 0 spiro atoms. The molecule has 23 heavy (non-hydrogen) atoms. The van der Waals surface area contributed by atoms with E-state index in [9.17, 15) is 9.59 Å². The standard InChI is InChI=1S/C17H17N2O4/c20-16-11-8-18-5-1-2-12(18)15(11)17(21)19(16)7-10-3-4-13-14(6-10)23-9-22-13/h3-4,6,8,11-12,15H,1-2,5,7,9H2. The first-order valence-corrected chi connectivity index (χ1v) is 8.07. The van der Waals surface area contributed by atoms with E-state index in [-0.39, 0.29) is 36.5 Å². The molecule has 5 rings (SSSR count). The van der Waals surface area contributed by atoms with Gasteiger partial charge in [-0.2, -0.15) is 0 Å². The molecule has 0 saturated carbocycles. The highest BCUT2D eigenvalue weighted by Gasteiger charge is 2.58. The van der Waals surface area contributed by atoms with Gasteiger partial charge in [0.15, 0.2) is 11.5 Å². The zero-order valence-electron chi connectivity index (χ0n) is 12.6. The smallest absolute Gasteiger partial charge is 0.235 e. The first kappa shape index (κ1) is 13.4. The Labute approximate surface area is 133 Å². The van der Waals surface area contributed by atoms with Gasteiger partial charge in [0.2, 0.25) is 18.6 Å². The molecule has 3 fully saturated rings. The van der Waals surface area contributed by atoms with Gasteiger partial charge in [0.25, 0.3) is 0 Å². The molecule has 1 aromatic rings. The van der Waals surface area contributed by atoms with Crippen LogP contribution in [0.4, 0.5) is 0 Å². The lowest BCUT2D eigenvalue weighted by Crippen LogP contribution is -2.36. The van der Waals surface area contributed by atoms with E-state index in [1.807, 2.05) is 24.7 Å². The molecule has 1 radical (unpaired) electrons. The number of nitrogens with zero attached hydrogens (tertiary/aromatic N) is 2. The number of carbonyl (C=O) groups excluding carboxylic acids is 2. The van der Waals surface area contributed by atoms with Gasteiger partial charge < -0.3 is 9.47 Å². The molecule has 0 aliphatic carbocycles. The third-order valence-electron chi connectivity index (χ3n) is 5.38. The highest BCUT2D eigenvalue weighted by atomic mass is 16.7. The molecule has 3 unspecified atom stereocenters. The fraction of sp³-hybridized carbons (Fsp3) is 0.471. The van der Waals surface area contributed by atoms with Crippen LogP contribution in [0.5, 0.6) is 11.5 Å². The third-order valence-corrected chi connectivity index (χ3v) is 5.38. The lowest BCUT2D eigenvalue weighted by Gasteiger charge is -2.21. The van der Waals surface area contributed by atoms with Gasteiger partial charge in [0.05, 0.1) is 18.4 Å². The number of likely N-dealkylation sites (tertiary alicyclic amines) is 1. The summed E-state index contributed by atoms with van der Waals surface area (Å²) in [5.74, 6) is 0.853. The minimum Gasteiger partial charge on any atom is -0.454 e. The molecular weight excluding hydrogens is 296 g/mol. The molecule has 2 amide bonds. The highest BCUT2D eigenvalue weighted by molar-refractivity contribution is 6.06. The fourth-order valence-electron chi connectivity index (χ4n) is 4.31. The molecule has 4 heterocycles. The summed E-state index contributed by atoms with van der Waals surface area (Å²) in [6.07, 6.45) is 2.11. The van der Waals surface area contributed by atoms with Crippen molar-refractivity contribution in [2.75, 3.05) is 13.3 Å². The van der Waals surface area contributed by atoms with Gasteiger partial charge in [-0.25, -0.2) is 0 Å². The highest BCUT2D eigenvalue weighted by Crippen LogP contribution is 2.45. The predicted octanol–water partition coefficient (Wildman–Crippen LogP) is 1.16. The molecule has 119 valence electrons. The van der Waals surface area contributed by atoms with Crippen LogP contribution in [-0.4, -0.2) is 41.0 Å². The topological polar surface area (TPSA) is 59.1 Å². The second-order valence-electron chi connectivity index (χ2n) is 6.60. The number of imide groups is 1. The van der Waals surface area contributed by atoms with E-state index in [1.165, 1.54) is 4.90 Å². The quantitative estimate of drug-likeness (QED) is 0.767. The largest absolute Gasteiger partial charge is 0.454 e. The monoisotopic (exact) mass is 313 g/mol. The van der Waals surface area contributed by atoms with E-state index in [0.29, 0.717) is 18.0 Å². The van der Waals surface area contributed by atoms with Crippen molar-refractivity contribution in [2.24, 2.45) is 11.8 Å². The van der Waals surface area contributed by atoms with Crippen LogP contribution >= 0.6 is 0 Å². The van der Waals surface area contributed by atoms with Gasteiger partial charge in [-0.15, -0.1) is 0 Å². The SMILES string of the molecule is O=C1C2[CH]N3CCCC3C2C(=O)N1Cc1ccc2c(c1)OCO2. The maximum atomic E-state index is 12.8. The third kappa shape index (κ3) is 1.84. The van der Waals surface area contributed by atoms with Crippen LogP contribution in [-0.2, 0) is 16.1 Å². The second kappa shape index (κ2) is 4.71. The second-order valence-corrected chi connectivity index (χ2v) is 6.60. The Kier molecular flexibility index (Phi) is 2.74. The molecule has 1 aromatic carbocycles. The normalized spacial score (nSPS) is 31.8. The number of benzene rings is 1. The summed E-state index contributed by atoms with van der Waals surface area (Å²) in [4.78, 5) is 29.1. The van der Waals surface area contributed by atoms with Crippen molar-refractivity contribution in [2.45, 2.75) is 25.4 Å². The minimum atomic E-state index is -0.262. The van der Waals surface area contributed by atoms with Crippen LogP contribution in [0.1, 0.15) is 18.4 Å². The van der Waals surface area contributed by atoms with Gasteiger partial charge in [0, 0.05) is 12.6 Å². The van der Waals surface area contributed by atoms with Crippen molar-refractivity contribution in [1.82, 2.24) is 9.80 Å². The van der Waals surface area contributed by atoms with Crippen molar-refractivity contribution in [3.05, 3.63) is 30.3 Å². The molecule has 3 saturated heterocycles. The van der Waals surface area contributed by atoms with E-state index in [4.69, 9.17) is 9.47 Å². The van der Waals surface area contributed by atoms with E-state index < -0.39 is 0 Å². The first-order chi connectivity index (χ1) is 11.2. The number of hydrogen-bond acceptors (Lipinski definition) is 5. The summed E-state index contributed by atoms with van der Waals surface area (Å²) in [5, 5.41) is 0. The van der Waals surface area contributed by atoms with Gasteiger partial charge in [-0.1, -0.05) is 6.07 Å². The van der Waals surface area contributed by atoms with Gasteiger partial charge >= 0.3 is 0 Å². The molecule has 4 aliphatic rings. The number of rotatable bonds is 2. The average Bonchev–Trinajstić information content (AvgIpc) is 3.27. The summed E-state index contributed by atoms with van der Waals surface area (Å²) in [5.41, 5.74) is 0.888. The Morgan fingerprint density at radius 2 is 2.00 bits per heavy atom. The van der Waals surface area contributed by atoms with Crippen LogP contribution in [0.15, 0.2) is 18.2 Å². The van der Waals surface area contributed by atoms with Crippen molar-refractivity contribution in [1.29, 1.82) is 0 Å². The Bertz CT molecular complexity index is 704. The van der Waals surface area contributed by atoms with E-state index in [2.05, 4.69) is 4.90 Å². The molecule has 6 heteroatoms. The molecular formula is C17H17N2O4. The zero-order chi connectivity index (χ0) is 15.6. The molecule has 4 aliphatic heterocycles. The zero-order valence-corrected chi connectivity index (χ0v) is 12.6. The van der Waals surface area contributed by atoms with Gasteiger partial charge in [-0.3, -0.25) is 19.4 Å². The van der Waals surface area contributed by atoms with Crippen LogP contribution in [0.25, 0.3) is 0 Å². The van der Waals surface area contributed by atoms with E-state index >= 15 is 0 Å². The van der Waals surface area contributed by atoms with Gasteiger partial charge in [-0.05, 0) is 37.1 Å². The number of carbonyl (C=O) groups is 2. The molecule has 0 bridgehead atoms. The Balaban J connectivity index is 1.39. The lowest BCUT2D eigenvalue weighted by atomic mass is 9.91. The Hall–Kier alpha value is -2.08. The molecule has 3 atom stereocenters. The summed E-state index contributed by atoms with van der Waals surface area (Å²) in [6, 6.07) is 5.78. The fourth-order valence-corrected chi connectivity index (χ4v) is 4.31.